The summed E-state index contributed by atoms with van der Waals surface area (Å²) in [6.45, 7) is 3.88. The van der Waals surface area contributed by atoms with Crippen molar-refractivity contribution in [1.82, 2.24) is 0 Å². The Morgan fingerprint density at radius 2 is 1.84 bits per heavy atom. The van der Waals surface area contributed by atoms with Gasteiger partial charge in [0.15, 0.2) is 0 Å². The molecule has 0 bridgehead atoms. The molecule has 5 nitrogen and oxygen atoms in total. The zero-order chi connectivity index (χ0) is 26.2. The molecule has 3 aromatic rings. The third-order valence-corrected chi connectivity index (χ3v) is 7.99. The number of thioether (sulfide) groups is 1. The van der Waals surface area contributed by atoms with Crippen LogP contribution in [0.2, 0.25) is 5.02 Å². The Kier molecular flexibility index (Phi) is 12.6. The van der Waals surface area contributed by atoms with Crippen LogP contribution in [0.1, 0.15) is 36.8 Å². The number of para-hydroxylation sites is 1. The third kappa shape index (κ3) is 7.83. The predicted molar refractivity (Wildman–Crippen MR) is 159 cm³/mol. The smallest absolute Gasteiger partial charge is 0.657 e. The molecule has 3 aromatic carbocycles. The molecule has 0 amide bonds. The van der Waals surface area contributed by atoms with Crippen molar-refractivity contribution < 1.29 is 56.2 Å². The van der Waals surface area contributed by atoms with E-state index in [-0.39, 0.29) is 51.4 Å². The molecule has 0 heterocycles. The summed E-state index contributed by atoms with van der Waals surface area (Å²) in [5, 5.41) is 11.7. The van der Waals surface area contributed by atoms with Crippen LogP contribution in [0.5, 0.6) is 0 Å². The summed E-state index contributed by atoms with van der Waals surface area (Å²) in [6.07, 6.45) is 5.73. The van der Waals surface area contributed by atoms with Crippen LogP contribution >= 0.6 is 23.4 Å². The summed E-state index contributed by atoms with van der Waals surface area (Å²) >= 11 is 8.25. The van der Waals surface area contributed by atoms with Crippen LogP contribution in [-0.4, -0.2) is 25.8 Å². The zero-order valence-corrected chi connectivity index (χ0v) is 26.8. The Bertz CT molecular complexity index is 1280. The molecule has 0 radical (unpaired) electrons. The van der Waals surface area contributed by atoms with Crippen molar-refractivity contribution >= 4 is 59.1 Å². The number of hydrogen-bond donors (Lipinski definition) is 1. The normalized spacial score (nSPS) is 13.9. The van der Waals surface area contributed by atoms with Crippen LogP contribution < -0.4 is 62.1 Å². The summed E-state index contributed by atoms with van der Waals surface area (Å²) in [5.74, 6) is 2.06. The van der Waals surface area contributed by atoms with Crippen molar-refractivity contribution in [2.24, 2.45) is 16.8 Å². The molecule has 0 unspecified atom stereocenters. The maximum atomic E-state index is 11.6. The van der Waals surface area contributed by atoms with Gasteiger partial charge < -0.3 is 15.8 Å². The molecule has 5 rings (SSSR count). The first kappa shape index (κ1) is 31.1. The molecule has 192 valence electrons. The fourth-order valence-electron chi connectivity index (χ4n) is 4.38. The molecule has 1 saturated carbocycles. The summed E-state index contributed by atoms with van der Waals surface area (Å²) in [5.41, 5.74) is 11.2. The van der Waals surface area contributed by atoms with Crippen LogP contribution in [0.4, 0.5) is 17.1 Å². The first-order chi connectivity index (χ1) is 18.2. The number of fused-ring (bicyclic) bond motifs is 1. The van der Waals surface area contributed by atoms with Gasteiger partial charge in [-0.25, -0.2) is 5.01 Å². The monoisotopic (exact) mass is 570 g/mol. The quantitative estimate of drug-likeness (QED) is 0.121. The number of benzene rings is 3. The van der Waals surface area contributed by atoms with Crippen molar-refractivity contribution in [3.8, 4) is 0 Å². The Hall–Kier alpha value is -1.42. The molecule has 0 aliphatic heterocycles. The Balaban J connectivity index is 0.00000130. The topological polar surface area (TPSA) is 72.8 Å². The number of rotatable bonds is 10. The van der Waals surface area contributed by atoms with Gasteiger partial charge in [0.2, 0.25) is 0 Å². The van der Waals surface area contributed by atoms with Gasteiger partial charge in [0.05, 0.1) is 11.4 Å². The van der Waals surface area contributed by atoms with Gasteiger partial charge in [-0.1, -0.05) is 48.0 Å². The Morgan fingerprint density at radius 3 is 2.50 bits per heavy atom. The van der Waals surface area contributed by atoms with E-state index in [1.54, 1.807) is 0 Å². The van der Waals surface area contributed by atoms with E-state index in [1.807, 2.05) is 47.1 Å². The first-order valence-electron chi connectivity index (χ1n) is 12.5. The van der Waals surface area contributed by atoms with Gasteiger partial charge in [0.1, 0.15) is 6.29 Å². The maximum absolute atomic E-state index is 11.6. The summed E-state index contributed by atoms with van der Waals surface area (Å²) < 4.78 is 0. The number of halogens is 1. The van der Waals surface area contributed by atoms with E-state index in [0.717, 1.165) is 58.9 Å². The van der Waals surface area contributed by atoms with Crippen molar-refractivity contribution in [2.45, 2.75) is 37.0 Å². The molecule has 0 aromatic heterocycles. The van der Waals surface area contributed by atoms with E-state index < -0.39 is 0 Å². The number of nitrogens with two attached hydrogens (primary N) is 1. The number of nitrogens with zero attached hydrogens (tertiary/aromatic N) is 3. The first-order valence-corrected chi connectivity index (χ1v) is 13.8. The fraction of sp³-hybridized carbons (Fsp3) is 0.267. The number of carbonyl (C=O) groups excluding carboxylic acids is 1. The van der Waals surface area contributed by atoms with Gasteiger partial charge in [-0.2, -0.15) is 5.10 Å². The number of carbonyl (C=O) groups is 1. The summed E-state index contributed by atoms with van der Waals surface area (Å²) in [7, 11) is 1.50. The van der Waals surface area contributed by atoms with Gasteiger partial charge in [-0.05, 0) is 80.1 Å². The second-order valence-corrected chi connectivity index (χ2v) is 10.4. The van der Waals surface area contributed by atoms with Gasteiger partial charge in [-0.3, -0.25) is 0 Å². The second-order valence-electron chi connectivity index (χ2n) is 8.93. The fourth-order valence-corrected chi connectivity index (χ4v) is 5.64. The minimum absolute atomic E-state index is 0. The van der Waals surface area contributed by atoms with Crippen molar-refractivity contribution in [3.63, 3.8) is 0 Å². The van der Waals surface area contributed by atoms with Gasteiger partial charge in [-0.15, -0.1) is 23.1 Å². The van der Waals surface area contributed by atoms with Crippen molar-refractivity contribution in [2.75, 3.05) is 17.8 Å². The van der Waals surface area contributed by atoms with Crippen molar-refractivity contribution in [3.05, 3.63) is 93.8 Å². The number of aldehydes is 1. The molecule has 0 spiro atoms. The van der Waals surface area contributed by atoms with E-state index in [0.29, 0.717) is 11.4 Å². The van der Waals surface area contributed by atoms with Crippen LogP contribution in [0.3, 0.4) is 0 Å². The molecule has 0 atom stereocenters. The molecule has 8 heteroatoms. The van der Waals surface area contributed by atoms with Crippen LogP contribution in [0, 0.1) is 5.92 Å². The van der Waals surface area contributed by atoms with Gasteiger partial charge in [0.25, 0.3) is 0 Å². The minimum Gasteiger partial charge on any atom is -0.657 e. The predicted octanol–water partition coefficient (Wildman–Crippen LogP) is 5.13. The largest absolute Gasteiger partial charge is 1.00 e. The molecule has 2 aliphatic carbocycles. The average molecular weight is 571 g/mol. The van der Waals surface area contributed by atoms with Crippen molar-refractivity contribution in [1.29, 1.82) is 0 Å². The molecular formula is C30H32ClKN4OS. The molecule has 38 heavy (non-hydrogen) atoms. The van der Waals surface area contributed by atoms with E-state index >= 15 is 0 Å². The van der Waals surface area contributed by atoms with E-state index in [4.69, 9.17) is 16.9 Å². The van der Waals surface area contributed by atoms with Gasteiger partial charge in [0, 0.05) is 34.4 Å². The van der Waals surface area contributed by atoms with E-state index in [9.17, 15) is 4.79 Å². The SMILES string of the molecule is C=NN(C1=C(CC=O)CCc2ccc([N-]c3ccccc3Cl)cc21)c1ccc(SCC2CC2)cc1.CN.[K+]. The average Bonchev–Trinajstić information content (AvgIpc) is 3.77. The number of allylic oxidation sites excluding steroid dienone is 1. The standard InChI is InChI=1S/C29H27ClN3OS.CH5N.K/c1-31-33(24-12-14-25(15-13-24)35-19-20-6-7-20)29-22(16-17-34)9-8-21-10-11-23(18-26(21)29)32-28-5-3-2-4-27(28)30;1-2;/h2-5,10-15,17-18,20H,1,6-9,16,19H2;2H2,1H3;/q-1;;+1. The molecular weight excluding hydrogens is 539 g/mol. The van der Waals surface area contributed by atoms with E-state index in [1.165, 1.54) is 36.1 Å². The number of hydrazone groups is 1. The Labute approximate surface area is 277 Å². The minimum atomic E-state index is 0. The second kappa shape index (κ2) is 15.4. The molecule has 2 aliphatic rings. The number of hydrogen-bond acceptors (Lipinski definition) is 5. The van der Waals surface area contributed by atoms with Crippen LogP contribution in [0.15, 0.2) is 82.3 Å². The number of aryl methyl sites for hydroxylation is 1. The van der Waals surface area contributed by atoms with Crippen LogP contribution in [-0.2, 0) is 11.2 Å². The maximum Gasteiger partial charge on any atom is 1.00 e. The summed E-state index contributed by atoms with van der Waals surface area (Å²) in [6, 6.07) is 22.2. The molecule has 2 N–H and O–H groups in total. The molecule has 0 saturated heterocycles. The zero-order valence-electron chi connectivity index (χ0n) is 22.1. The van der Waals surface area contributed by atoms with Gasteiger partial charge >= 0.3 is 51.4 Å². The van der Waals surface area contributed by atoms with E-state index in [2.05, 4.69) is 54.0 Å². The van der Waals surface area contributed by atoms with Crippen LogP contribution in [0.25, 0.3) is 11.0 Å². The number of anilines is 1. The Morgan fingerprint density at radius 1 is 1.11 bits per heavy atom. The third-order valence-electron chi connectivity index (χ3n) is 6.43. The molecule has 1 fully saturated rings. The summed E-state index contributed by atoms with van der Waals surface area (Å²) in [4.78, 5) is 12.8.